The summed E-state index contributed by atoms with van der Waals surface area (Å²) in [6.07, 6.45) is -2.69. The van der Waals surface area contributed by atoms with E-state index in [1.54, 1.807) is 12.1 Å². The highest BCUT2D eigenvalue weighted by Gasteiger charge is 2.35. The van der Waals surface area contributed by atoms with Gasteiger partial charge >= 0.3 is 6.18 Å². The number of carbonyl (C=O) groups excluding carboxylic acids is 1. The number of thioether (sulfide) groups is 1. The monoisotopic (exact) mass is 537 g/mol. The Morgan fingerprint density at radius 3 is 2.50 bits per heavy atom. The minimum Gasteiger partial charge on any atom is -0.455 e. The molecule has 1 saturated carbocycles. The molecule has 2 fully saturated rings. The van der Waals surface area contributed by atoms with Gasteiger partial charge in [-0.2, -0.15) is 13.2 Å². The van der Waals surface area contributed by atoms with Gasteiger partial charge in [-0.15, -0.1) is 0 Å². The highest BCUT2D eigenvalue weighted by atomic mass is 35.5. The van der Waals surface area contributed by atoms with Gasteiger partial charge in [0.1, 0.15) is 11.6 Å². The Hall–Kier alpha value is -2.92. The SMILES string of the molecule is O=C(NC1CC1)c1ccc(CSc2nc(N3CCN(c4ccccc4Cl)CC3)cc(C(F)(F)F)n2)o1. The Bertz CT molecular complexity index is 1240. The molecule has 3 heterocycles. The maximum Gasteiger partial charge on any atom is 0.433 e. The van der Waals surface area contributed by atoms with Gasteiger partial charge in [0.2, 0.25) is 0 Å². The quantitative estimate of drug-likeness (QED) is 0.326. The van der Waals surface area contributed by atoms with Crippen LogP contribution >= 0.6 is 23.4 Å². The molecule has 190 valence electrons. The van der Waals surface area contributed by atoms with Crippen LogP contribution in [0.4, 0.5) is 24.7 Å². The summed E-state index contributed by atoms with van der Waals surface area (Å²) < 4.78 is 46.4. The molecule has 1 aliphatic carbocycles. The number of benzene rings is 1. The molecule has 1 saturated heterocycles. The van der Waals surface area contributed by atoms with Crippen molar-refractivity contribution in [2.45, 2.75) is 36.0 Å². The Morgan fingerprint density at radius 1 is 1.08 bits per heavy atom. The molecular formula is C24H23ClF3N5O2S. The number of furan rings is 1. The van der Waals surface area contributed by atoms with E-state index >= 15 is 0 Å². The second-order valence-electron chi connectivity index (χ2n) is 8.62. The summed E-state index contributed by atoms with van der Waals surface area (Å²) in [5, 5.41) is 3.47. The number of nitrogens with zero attached hydrogens (tertiary/aromatic N) is 4. The molecule has 36 heavy (non-hydrogen) atoms. The van der Waals surface area contributed by atoms with Crippen LogP contribution in [0.25, 0.3) is 0 Å². The standard InChI is InChI=1S/C24H23ClF3N5O2S/c25-17-3-1-2-4-18(17)32-9-11-33(12-10-32)21-13-20(24(26,27)28)30-23(31-21)36-14-16-7-8-19(35-16)22(34)29-15-5-6-15/h1-4,7-8,13,15H,5-6,9-12,14H2,(H,29,34). The third-order valence-corrected chi connectivity index (χ3v) is 7.11. The molecule has 0 radical (unpaired) electrons. The van der Waals surface area contributed by atoms with Gasteiger partial charge in [0.15, 0.2) is 16.6 Å². The highest BCUT2D eigenvalue weighted by molar-refractivity contribution is 7.98. The molecule has 1 amide bonds. The van der Waals surface area contributed by atoms with E-state index in [4.69, 9.17) is 16.0 Å². The van der Waals surface area contributed by atoms with Crippen molar-refractivity contribution >= 4 is 40.8 Å². The van der Waals surface area contributed by atoms with Crippen molar-refractivity contribution in [3.8, 4) is 0 Å². The Labute approximate surface area is 215 Å². The summed E-state index contributed by atoms with van der Waals surface area (Å²) in [7, 11) is 0. The van der Waals surface area contributed by atoms with Crippen LogP contribution in [0.3, 0.4) is 0 Å². The first-order valence-corrected chi connectivity index (χ1v) is 12.9. The summed E-state index contributed by atoms with van der Waals surface area (Å²) in [4.78, 5) is 24.2. The van der Waals surface area contributed by atoms with E-state index in [9.17, 15) is 18.0 Å². The summed E-state index contributed by atoms with van der Waals surface area (Å²) in [6.45, 7) is 2.16. The van der Waals surface area contributed by atoms with Crippen LogP contribution in [-0.4, -0.2) is 48.1 Å². The van der Waals surface area contributed by atoms with Gasteiger partial charge in [0.05, 0.1) is 16.5 Å². The largest absolute Gasteiger partial charge is 0.455 e. The molecule has 0 unspecified atom stereocenters. The lowest BCUT2D eigenvalue weighted by atomic mass is 10.2. The van der Waals surface area contributed by atoms with E-state index in [2.05, 4.69) is 20.2 Å². The predicted molar refractivity (Wildman–Crippen MR) is 132 cm³/mol. The lowest BCUT2D eigenvalue weighted by molar-refractivity contribution is -0.141. The van der Waals surface area contributed by atoms with Crippen molar-refractivity contribution in [1.29, 1.82) is 0 Å². The van der Waals surface area contributed by atoms with Crippen LogP contribution in [0.15, 0.2) is 52.0 Å². The van der Waals surface area contributed by atoms with Gasteiger partial charge in [-0.3, -0.25) is 4.79 Å². The molecule has 2 aromatic heterocycles. The lowest BCUT2D eigenvalue weighted by Gasteiger charge is -2.37. The molecular weight excluding hydrogens is 515 g/mol. The topological polar surface area (TPSA) is 74.5 Å². The molecule has 0 spiro atoms. The normalized spacial score (nSPS) is 16.3. The Balaban J connectivity index is 1.27. The number of carbonyl (C=O) groups is 1. The van der Waals surface area contributed by atoms with Gasteiger partial charge < -0.3 is 19.5 Å². The van der Waals surface area contributed by atoms with Crippen LogP contribution in [0.2, 0.25) is 5.02 Å². The number of aromatic nitrogens is 2. The lowest BCUT2D eigenvalue weighted by Crippen LogP contribution is -2.47. The molecule has 0 bridgehead atoms. The summed E-state index contributed by atoms with van der Waals surface area (Å²) in [6, 6.07) is 11.9. The van der Waals surface area contributed by atoms with Crippen LogP contribution in [0.1, 0.15) is 34.9 Å². The third-order valence-electron chi connectivity index (χ3n) is 5.92. The second kappa shape index (κ2) is 10.2. The fourth-order valence-electron chi connectivity index (χ4n) is 3.87. The van der Waals surface area contributed by atoms with E-state index < -0.39 is 11.9 Å². The Morgan fingerprint density at radius 2 is 1.81 bits per heavy atom. The molecule has 7 nitrogen and oxygen atoms in total. The number of piperazine rings is 1. The average molecular weight is 538 g/mol. The molecule has 0 atom stereocenters. The van der Waals surface area contributed by atoms with Crippen molar-refractivity contribution in [3.05, 3.63) is 64.7 Å². The smallest absolute Gasteiger partial charge is 0.433 e. The minimum absolute atomic E-state index is 0.00580. The van der Waals surface area contributed by atoms with Crippen molar-refractivity contribution in [2.24, 2.45) is 0 Å². The number of para-hydroxylation sites is 1. The number of alkyl halides is 3. The third kappa shape index (κ3) is 5.89. The minimum atomic E-state index is -4.61. The van der Waals surface area contributed by atoms with Gasteiger partial charge in [0.25, 0.3) is 5.91 Å². The average Bonchev–Trinajstić information content (AvgIpc) is 3.55. The Kier molecular flexibility index (Phi) is 7.03. The van der Waals surface area contributed by atoms with E-state index in [1.807, 2.05) is 29.2 Å². The van der Waals surface area contributed by atoms with E-state index in [-0.39, 0.29) is 34.4 Å². The van der Waals surface area contributed by atoms with Crippen LogP contribution < -0.4 is 15.1 Å². The molecule has 3 aromatic rings. The van der Waals surface area contributed by atoms with Gasteiger partial charge in [-0.1, -0.05) is 35.5 Å². The number of anilines is 2. The van der Waals surface area contributed by atoms with E-state index in [1.165, 1.54) is 0 Å². The zero-order valence-corrected chi connectivity index (χ0v) is 20.7. The molecule has 5 rings (SSSR count). The number of nitrogens with one attached hydrogen (secondary N) is 1. The van der Waals surface area contributed by atoms with E-state index in [0.29, 0.717) is 37.0 Å². The van der Waals surface area contributed by atoms with Gasteiger partial charge in [0, 0.05) is 38.3 Å². The van der Waals surface area contributed by atoms with Crippen molar-refractivity contribution < 1.29 is 22.4 Å². The highest BCUT2D eigenvalue weighted by Crippen LogP contribution is 2.33. The first-order chi connectivity index (χ1) is 17.3. The van der Waals surface area contributed by atoms with Crippen LogP contribution in [0, 0.1) is 0 Å². The number of amides is 1. The number of hydrogen-bond acceptors (Lipinski definition) is 7. The zero-order valence-electron chi connectivity index (χ0n) is 19.1. The molecule has 1 aromatic carbocycles. The molecule has 1 aliphatic heterocycles. The first-order valence-electron chi connectivity index (χ1n) is 11.5. The molecule has 1 N–H and O–H groups in total. The number of hydrogen-bond donors (Lipinski definition) is 1. The second-order valence-corrected chi connectivity index (χ2v) is 9.97. The predicted octanol–water partition coefficient (Wildman–Crippen LogP) is 5.25. The van der Waals surface area contributed by atoms with E-state index in [0.717, 1.165) is 36.4 Å². The fraction of sp³-hybridized carbons (Fsp3) is 0.375. The van der Waals surface area contributed by atoms with Crippen LogP contribution in [-0.2, 0) is 11.9 Å². The van der Waals surface area contributed by atoms with Gasteiger partial charge in [-0.25, -0.2) is 9.97 Å². The number of halogens is 4. The summed E-state index contributed by atoms with van der Waals surface area (Å²) in [5.74, 6) is 0.763. The summed E-state index contributed by atoms with van der Waals surface area (Å²) in [5.41, 5.74) is -0.0927. The first kappa shape index (κ1) is 24.8. The maximum absolute atomic E-state index is 13.6. The fourth-order valence-corrected chi connectivity index (χ4v) is 4.87. The summed E-state index contributed by atoms with van der Waals surface area (Å²) >= 11 is 7.33. The number of rotatable bonds is 7. The van der Waals surface area contributed by atoms with Crippen molar-refractivity contribution in [1.82, 2.24) is 15.3 Å². The maximum atomic E-state index is 13.6. The molecule has 2 aliphatic rings. The van der Waals surface area contributed by atoms with Crippen molar-refractivity contribution in [2.75, 3.05) is 36.0 Å². The zero-order chi connectivity index (χ0) is 25.3. The van der Waals surface area contributed by atoms with Crippen molar-refractivity contribution in [3.63, 3.8) is 0 Å². The van der Waals surface area contributed by atoms with Gasteiger partial charge in [-0.05, 0) is 37.1 Å². The molecule has 12 heteroatoms. The van der Waals surface area contributed by atoms with Crippen LogP contribution in [0.5, 0.6) is 0 Å².